The summed E-state index contributed by atoms with van der Waals surface area (Å²) in [6.07, 6.45) is 8.94. The van der Waals surface area contributed by atoms with Gasteiger partial charge in [0.2, 0.25) is 11.8 Å². The fraction of sp³-hybridized carbons (Fsp3) is 0.607. The van der Waals surface area contributed by atoms with E-state index in [1.54, 1.807) is 26.1 Å². The van der Waals surface area contributed by atoms with Crippen molar-refractivity contribution >= 4 is 29.0 Å². The second kappa shape index (κ2) is 11.8. The molecule has 5 rings (SSSR count). The molecule has 1 aliphatic carbocycles. The molecule has 2 atom stereocenters. The minimum absolute atomic E-state index is 0.0713. The third-order valence-electron chi connectivity index (χ3n) is 7.97. The molecule has 39 heavy (non-hydrogen) atoms. The number of allylic oxidation sites excluding steroid dienone is 2. The van der Waals surface area contributed by atoms with Gasteiger partial charge in [0.25, 0.3) is 0 Å². The number of piperidine rings is 1. The van der Waals surface area contributed by atoms with Gasteiger partial charge >= 0.3 is 0 Å². The lowest BCUT2D eigenvalue weighted by atomic mass is 9.97. The van der Waals surface area contributed by atoms with Gasteiger partial charge in [-0.15, -0.1) is 21.8 Å². The van der Waals surface area contributed by atoms with E-state index in [0.29, 0.717) is 35.6 Å². The highest BCUT2D eigenvalue weighted by atomic mass is 35.5. The molecular weight excluding hydrogens is 542 g/mol. The fourth-order valence-corrected chi connectivity index (χ4v) is 6.24. The van der Waals surface area contributed by atoms with Crippen molar-refractivity contribution in [2.45, 2.75) is 69.5 Å². The van der Waals surface area contributed by atoms with Gasteiger partial charge < -0.3 is 14.4 Å². The average molecular weight is 580 g/mol. The van der Waals surface area contributed by atoms with E-state index >= 15 is 0 Å². The predicted molar refractivity (Wildman–Crippen MR) is 152 cm³/mol. The molecule has 4 heterocycles. The summed E-state index contributed by atoms with van der Waals surface area (Å²) >= 11 is 12.7. The van der Waals surface area contributed by atoms with E-state index in [4.69, 9.17) is 27.6 Å². The van der Waals surface area contributed by atoms with Crippen LogP contribution in [0.5, 0.6) is 0 Å². The number of aliphatic hydroxyl groups is 1. The molecule has 0 radical (unpaired) electrons. The van der Waals surface area contributed by atoms with Crippen molar-refractivity contribution in [1.82, 2.24) is 25.0 Å². The summed E-state index contributed by atoms with van der Waals surface area (Å²) < 4.78 is 20.0. The van der Waals surface area contributed by atoms with Crippen LogP contribution in [0, 0.1) is 0 Å². The standard InChI is InChI=1S/C28H37Cl2FN6O2/c1-4-21-17-36(25-23(30)13-19(15-32-25)26-33-34-27(39-26)28(2,3)38)11-12-37(21)22-7-9-35(10-8-22)16-18-5-6-20(29)14-24(18)31/h5-6,13,15,20-22,38H,4,7-12,14,16-17H2,1-3H3. The van der Waals surface area contributed by atoms with Crippen molar-refractivity contribution < 1.29 is 13.9 Å². The molecule has 212 valence electrons. The predicted octanol–water partition coefficient (Wildman–Crippen LogP) is 5.17. The molecule has 2 unspecified atom stereocenters. The van der Waals surface area contributed by atoms with Gasteiger partial charge in [0.05, 0.1) is 16.0 Å². The molecule has 2 aromatic rings. The van der Waals surface area contributed by atoms with Crippen molar-refractivity contribution in [3.8, 4) is 11.5 Å². The number of rotatable bonds is 7. The van der Waals surface area contributed by atoms with Crippen molar-refractivity contribution in [3.63, 3.8) is 0 Å². The first-order valence-electron chi connectivity index (χ1n) is 13.8. The molecule has 0 spiro atoms. The largest absolute Gasteiger partial charge is 0.418 e. The molecule has 8 nitrogen and oxygen atoms in total. The minimum Gasteiger partial charge on any atom is -0.418 e. The highest BCUT2D eigenvalue weighted by molar-refractivity contribution is 6.33. The van der Waals surface area contributed by atoms with Crippen LogP contribution in [-0.4, -0.2) is 86.8 Å². The van der Waals surface area contributed by atoms with E-state index in [0.717, 1.165) is 63.4 Å². The van der Waals surface area contributed by atoms with Gasteiger partial charge in [0.15, 0.2) is 0 Å². The monoisotopic (exact) mass is 578 g/mol. The molecule has 2 fully saturated rings. The van der Waals surface area contributed by atoms with E-state index in [1.165, 1.54) is 0 Å². The first-order valence-corrected chi connectivity index (χ1v) is 14.6. The molecule has 3 aliphatic rings. The number of pyridine rings is 1. The number of piperazine rings is 1. The van der Waals surface area contributed by atoms with E-state index in [2.05, 4.69) is 36.8 Å². The molecule has 0 amide bonds. The second-order valence-electron chi connectivity index (χ2n) is 11.3. The summed E-state index contributed by atoms with van der Waals surface area (Å²) in [7, 11) is 0. The Morgan fingerprint density at radius 1 is 1.18 bits per heavy atom. The molecule has 1 N–H and O–H groups in total. The molecular formula is C28H37Cl2FN6O2. The van der Waals surface area contributed by atoms with Crippen LogP contribution >= 0.6 is 23.2 Å². The van der Waals surface area contributed by atoms with E-state index in [9.17, 15) is 9.50 Å². The Labute approximate surface area is 239 Å². The Morgan fingerprint density at radius 3 is 2.59 bits per heavy atom. The summed E-state index contributed by atoms with van der Waals surface area (Å²) in [4.78, 5) is 11.9. The lowest BCUT2D eigenvalue weighted by Gasteiger charge is -2.48. The third-order valence-corrected chi connectivity index (χ3v) is 8.54. The van der Waals surface area contributed by atoms with E-state index in [1.807, 2.05) is 12.2 Å². The molecule has 2 aromatic heterocycles. The van der Waals surface area contributed by atoms with Crippen LogP contribution in [-0.2, 0) is 5.60 Å². The van der Waals surface area contributed by atoms with Crippen LogP contribution in [0.2, 0.25) is 5.02 Å². The summed E-state index contributed by atoms with van der Waals surface area (Å²) in [6.45, 7) is 10.7. The van der Waals surface area contributed by atoms with Crippen LogP contribution < -0.4 is 4.90 Å². The Bertz CT molecular complexity index is 1220. The normalized spacial score (nSPS) is 24.1. The fourth-order valence-electron chi connectivity index (χ4n) is 5.74. The zero-order valence-corrected chi connectivity index (χ0v) is 24.3. The van der Waals surface area contributed by atoms with Crippen molar-refractivity contribution in [1.29, 1.82) is 0 Å². The van der Waals surface area contributed by atoms with Crippen LogP contribution in [0.4, 0.5) is 10.2 Å². The summed E-state index contributed by atoms with van der Waals surface area (Å²) in [6, 6.07) is 2.72. The number of alkyl halides is 1. The zero-order valence-electron chi connectivity index (χ0n) is 22.8. The summed E-state index contributed by atoms with van der Waals surface area (Å²) in [5.41, 5.74) is 0.174. The zero-order chi connectivity index (χ0) is 27.7. The van der Waals surface area contributed by atoms with E-state index in [-0.39, 0.29) is 23.0 Å². The lowest BCUT2D eigenvalue weighted by Crippen LogP contribution is -2.58. The maximum absolute atomic E-state index is 14.3. The van der Waals surface area contributed by atoms with Gasteiger partial charge in [0.1, 0.15) is 17.2 Å². The molecule has 0 aromatic carbocycles. The SMILES string of the molecule is CCC1CN(c2ncc(-c3nnc(C(C)(C)O)o3)cc2Cl)CCN1C1CCN(CC2=C(F)CC(Cl)C=C2)CC1. The van der Waals surface area contributed by atoms with Crippen LogP contribution in [0.25, 0.3) is 11.5 Å². The Kier molecular flexibility index (Phi) is 8.64. The average Bonchev–Trinajstić information content (AvgIpc) is 3.42. The lowest BCUT2D eigenvalue weighted by molar-refractivity contribution is 0.0488. The van der Waals surface area contributed by atoms with Crippen molar-refractivity contribution in [2.24, 2.45) is 0 Å². The molecule has 0 saturated carbocycles. The second-order valence-corrected chi connectivity index (χ2v) is 12.2. The molecule has 2 aliphatic heterocycles. The first-order chi connectivity index (χ1) is 18.6. The maximum atomic E-state index is 14.3. The van der Waals surface area contributed by atoms with Gasteiger partial charge in [-0.25, -0.2) is 9.37 Å². The Balaban J connectivity index is 1.18. The summed E-state index contributed by atoms with van der Waals surface area (Å²) in [5.74, 6) is 1.10. The smallest absolute Gasteiger partial charge is 0.249 e. The highest BCUT2D eigenvalue weighted by Gasteiger charge is 2.34. The number of aromatic nitrogens is 3. The topological polar surface area (TPSA) is 81.8 Å². The first kappa shape index (κ1) is 28.5. The van der Waals surface area contributed by atoms with Crippen molar-refractivity contribution in [2.75, 3.05) is 44.2 Å². The number of nitrogens with zero attached hydrogens (tertiary/aromatic N) is 6. The third kappa shape index (κ3) is 6.49. The Morgan fingerprint density at radius 2 is 1.95 bits per heavy atom. The van der Waals surface area contributed by atoms with Gasteiger partial charge in [-0.2, -0.15) is 0 Å². The number of anilines is 1. The minimum atomic E-state index is -1.22. The molecule has 0 bridgehead atoms. The number of halogens is 3. The number of hydrogen-bond acceptors (Lipinski definition) is 8. The Hall–Kier alpha value is -2.04. The van der Waals surface area contributed by atoms with Crippen LogP contribution in [0.3, 0.4) is 0 Å². The molecule has 2 saturated heterocycles. The van der Waals surface area contributed by atoms with Crippen molar-refractivity contribution in [3.05, 3.63) is 46.7 Å². The number of hydrogen-bond donors (Lipinski definition) is 1. The number of likely N-dealkylation sites (tertiary alicyclic amines) is 1. The van der Waals surface area contributed by atoms with Gasteiger partial charge in [-0.05, 0) is 57.8 Å². The van der Waals surface area contributed by atoms with Gasteiger partial charge in [-0.3, -0.25) is 9.80 Å². The molecule has 11 heteroatoms. The highest BCUT2D eigenvalue weighted by Crippen LogP contribution is 2.33. The van der Waals surface area contributed by atoms with E-state index < -0.39 is 5.60 Å². The van der Waals surface area contributed by atoms with Gasteiger partial charge in [0, 0.05) is 50.9 Å². The van der Waals surface area contributed by atoms with Crippen LogP contribution in [0.1, 0.15) is 52.3 Å². The maximum Gasteiger partial charge on any atom is 0.249 e. The summed E-state index contributed by atoms with van der Waals surface area (Å²) in [5, 5.41) is 18.4. The quantitative estimate of drug-likeness (QED) is 0.451. The van der Waals surface area contributed by atoms with Crippen LogP contribution in [0.15, 0.2) is 40.2 Å². The van der Waals surface area contributed by atoms with Gasteiger partial charge in [-0.1, -0.05) is 30.7 Å².